The van der Waals surface area contributed by atoms with Gasteiger partial charge in [0.1, 0.15) is 0 Å². The largest absolute Gasteiger partial charge is 0.416 e. The maximum atomic E-state index is 12.5. The number of pyridine rings is 1. The molecule has 0 saturated heterocycles. The average molecular weight is 217 g/mol. The van der Waals surface area contributed by atoms with E-state index in [1.807, 2.05) is 0 Å². The highest BCUT2D eigenvalue weighted by Gasteiger charge is 2.34. The molecule has 0 radical (unpaired) electrons. The van der Waals surface area contributed by atoms with Crippen molar-refractivity contribution in [1.82, 2.24) is 4.98 Å². The van der Waals surface area contributed by atoms with Crippen molar-refractivity contribution in [1.29, 1.82) is 0 Å². The summed E-state index contributed by atoms with van der Waals surface area (Å²) >= 11 is 0. The Hall–Kier alpha value is -1.36. The van der Waals surface area contributed by atoms with Crippen LogP contribution < -0.4 is 0 Å². The van der Waals surface area contributed by atoms with E-state index in [-0.39, 0.29) is 12.0 Å². The summed E-state index contributed by atoms with van der Waals surface area (Å²) in [5.74, 6) is 0. The molecule has 1 unspecified atom stereocenters. The van der Waals surface area contributed by atoms with Gasteiger partial charge in [0, 0.05) is 18.0 Å². The molecule has 1 aromatic rings. The molecule has 1 atom stereocenters. The third-order valence-corrected chi connectivity index (χ3v) is 1.91. The van der Waals surface area contributed by atoms with E-state index in [0.29, 0.717) is 0 Å². The molecule has 82 valence electrons. The summed E-state index contributed by atoms with van der Waals surface area (Å²) in [5.41, 5.74) is -1.07. The Morgan fingerprint density at radius 3 is 2.73 bits per heavy atom. The van der Waals surface area contributed by atoms with Crippen LogP contribution in [0.1, 0.15) is 23.7 Å². The lowest BCUT2D eigenvalue weighted by Gasteiger charge is -2.15. The van der Waals surface area contributed by atoms with E-state index in [1.165, 1.54) is 6.08 Å². The molecule has 0 fully saturated rings. The first-order valence-corrected chi connectivity index (χ1v) is 4.27. The second-order valence-corrected chi connectivity index (χ2v) is 3.00. The molecular formula is C10H10F3NO. The number of halogens is 3. The Bertz CT molecular complexity index is 349. The van der Waals surface area contributed by atoms with Crippen molar-refractivity contribution in [2.45, 2.75) is 18.7 Å². The van der Waals surface area contributed by atoms with Crippen LogP contribution in [-0.2, 0) is 6.18 Å². The minimum absolute atomic E-state index is 0.0643. The van der Waals surface area contributed by atoms with Crippen molar-refractivity contribution in [3.63, 3.8) is 0 Å². The van der Waals surface area contributed by atoms with E-state index in [2.05, 4.69) is 11.6 Å². The van der Waals surface area contributed by atoms with Gasteiger partial charge in [0.05, 0.1) is 11.7 Å². The van der Waals surface area contributed by atoms with Gasteiger partial charge in [-0.25, -0.2) is 0 Å². The van der Waals surface area contributed by atoms with Gasteiger partial charge in [-0.3, -0.25) is 4.98 Å². The van der Waals surface area contributed by atoms with Crippen LogP contribution >= 0.6 is 0 Å². The quantitative estimate of drug-likeness (QED) is 0.789. The predicted octanol–water partition coefficient (Wildman–Crippen LogP) is 2.71. The zero-order valence-electron chi connectivity index (χ0n) is 7.83. The number of alkyl halides is 3. The molecule has 1 rings (SSSR count). The topological polar surface area (TPSA) is 33.1 Å². The number of rotatable bonds is 3. The van der Waals surface area contributed by atoms with Crippen LogP contribution in [0.25, 0.3) is 0 Å². The van der Waals surface area contributed by atoms with Gasteiger partial charge in [-0.1, -0.05) is 6.08 Å². The molecule has 0 saturated carbocycles. The summed E-state index contributed by atoms with van der Waals surface area (Å²) in [5, 5.41) is 9.45. The maximum Gasteiger partial charge on any atom is 0.416 e. The molecule has 0 aliphatic rings. The van der Waals surface area contributed by atoms with Crippen LogP contribution in [0.3, 0.4) is 0 Å². The highest BCUT2D eigenvalue weighted by molar-refractivity contribution is 5.28. The fourth-order valence-electron chi connectivity index (χ4n) is 1.22. The normalized spacial score (nSPS) is 13.6. The molecule has 1 N–H and O–H groups in total. The zero-order valence-corrected chi connectivity index (χ0v) is 7.83. The van der Waals surface area contributed by atoms with Gasteiger partial charge < -0.3 is 5.11 Å². The fraction of sp³-hybridized carbons (Fsp3) is 0.300. The van der Waals surface area contributed by atoms with Gasteiger partial charge in [-0.2, -0.15) is 13.2 Å². The summed E-state index contributed by atoms with van der Waals surface area (Å²) in [6, 6.07) is 0.849. The second kappa shape index (κ2) is 4.44. The van der Waals surface area contributed by atoms with Crippen LogP contribution in [-0.4, -0.2) is 10.1 Å². The van der Waals surface area contributed by atoms with E-state index in [1.54, 1.807) is 0 Å². The zero-order chi connectivity index (χ0) is 11.5. The van der Waals surface area contributed by atoms with Gasteiger partial charge >= 0.3 is 6.18 Å². The van der Waals surface area contributed by atoms with Gasteiger partial charge in [-0.05, 0) is 12.5 Å². The van der Waals surface area contributed by atoms with Crippen LogP contribution in [0.15, 0.2) is 31.1 Å². The van der Waals surface area contributed by atoms with E-state index < -0.39 is 17.8 Å². The van der Waals surface area contributed by atoms with Crippen LogP contribution in [0.2, 0.25) is 0 Å². The van der Waals surface area contributed by atoms with E-state index in [9.17, 15) is 18.3 Å². The Balaban J connectivity index is 3.12. The smallest absolute Gasteiger partial charge is 0.388 e. The standard InChI is InChI=1S/C10H10F3NO/c1-2-3-9(15)7-6-14-5-4-8(7)10(11,12)13/h2,4-6,9,15H,1,3H2. The van der Waals surface area contributed by atoms with E-state index in [0.717, 1.165) is 18.5 Å². The van der Waals surface area contributed by atoms with Crippen LogP contribution in [0.5, 0.6) is 0 Å². The third kappa shape index (κ3) is 2.79. The van der Waals surface area contributed by atoms with Crippen molar-refractivity contribution >= 4 is 0 Å². The lowest BCUT2D eigenvalue weighted by Crippen LogP contribution is -2.12. The molecule has 2 nitrogen and oxygen atoms in total. The Labute approximate surface area is 85.1 Å². The predicted molar refractivity (Wildman–Crippen MR) is 49.0 cm³/mol. The Morgan fingerprint density at radius 1 is 1.53 bits per heavy atom. The lowest BCUT2D eigenvalue weighted by molar-refractivity contribution is -0.139. The summed E-state index contributed by atoms with van der Waals surface area (Å²) in [4.78, 5) is 3.57. The van der Waals surface area contributed by atoms with Crippen molar-refractivity contribution in [2.24, 2.45) is 0 Å². The molecule has 0 aromatic carbocycles. The Kier molecular flexibility index (Phi) is 3.47. The first-order chi connectivity index (χ1) is 6.96. The number of nitrogens with zero attached hydrogens (tertiary/aromatic N) is 1. The molecular weight excluding hydrogens is 207 g/mol. The van der Waals surface area contributed by atoms with Gasteiger partial charge in [0.2, 0.25) is 0 Å². The number of aliphatic hydroxyl groups is 1. The van der Waals surface area contributed by atoms with E-state index >= 15 is 0 Å². The monoisotopic (exact) mass is 217 g/mol. The minimum Gasteiger partial charge on any atom is -0.388 e. The highest BCUT2D eigenvalue weighted by atomic mass is 19.4. The second-order valence-electron chi connectivity index (χ2n) is 3.00. The minimum atomic E-state index is -4.47. The molecule has 0 spiro atoms. The van der Waals surface area contributed by atoms with Crippen molar-refractivity contribution in [3.05, 3.63) is 42.2 Å². The molecule has 0 amide bonds. The molecule has 15 heavy (non-hydrogen) atoms. The number of hydrogen-bond acceptors (Lipinski definition) is 2. The summed E-state index contributed by atoms with van der Waals surface area (Å²) in [6.45, 7) is 3.36. The molecule has 0 aliphatic carbocycles. The average Bonchev–Trinajstić information content (AvgIpc) is 2.17. The molecule has 5 heteroatoms. The van der Waals surface area contributed by atoms with Gasteiger partial charge in [0.15, 0.2) is 0 Å². The Morgan fingerprint density at radius 2 is 2.20 bits per heavy atom. The van der Waals surface area contributed by atoms with E-state index in [4.69, 9.17) is 0 Å². The first-order valence-electron chi connectivity index (χ1n) is 4.27. The summed E-state index contributed by atoms with van der Waals surface area (Å²) in [6.07, 6.45) is -2.19. The lowest BCUT2D eigenvalue weighted by atomic mass is 10.0. The number of hydrogen-bond donors (Lipinski definition) is 1. The fourth-order valence-corrected chi connectivity index (χ4v) is 1.22. The number of aromatic nitrogens is 1. The van der Waals surface area contributed by atoms with Crippen molar-refractivity contribution in [2.75, 3.05) is 0 Å². The molecule has 0 bridgehead atoms. The summed E-state index contributed by atoms with van der Waals surface area (Å²) in [7, 11) is 0. The number of aliphatic hydroxyl groups excluding tert-OH is 1. The maximum absolute atomic E-state index is 12.5. The molecule has 0 aliphatic heterocycles. The third-order valence-electron chi connectivity index (χ3n) is 1.91. The van der Waals surface area contributed by atoms with Crippen LogP contribution in [0, 0.1) is 0 Å². The molecule has 1 heterocycles. The van der Waals surface area contributed by atoms with Crippen molar-refractivity contribution < 1.29 is 18.3 Å². The summed E-state index contributed by atoms with van der Waals surface area (Å²) < 4.78 is 37.5. The van der Waals surface area contributed by atoms with Crippen molar-refractivity contribution in [3.8, 4) is 0 Å². The highest BCUT2D eigenvalue weighted by Crippen LogP contribution is 2.34. The first kappa shape index (κ1) is 11.7. The SMILES string of the molecule is C=CCC(O)c1cnccc1C(F)(F)F. The van der Waals surface area contributed by atoms with Crippen LogP contribution in [0.4, 0.5) is 13.2 Å². The molecule has 1 aromatic heterocycles. The van der Waals surface area contributed by atoms with Gasteiger partial charge in [0.25, 0.3) is 0 Å². The van der Waals surface area contributed by atoms with Gasteiger partial charge in [-0.15, -0.1) is 6.58 Å².